The molecule has 0 aliphatic rings. The molecule has 134 valence electrons. The molecule has 0 bridgehead atoms. The third-order valence-corrected chi connectivity index (χ3v) is 3.59. The lowest BCUT2D eigenvalue weighted by molar-refractivity contribution is -0.138. The molecule has 0 radical (unpaired) electrons. The van der Waals surface area contributed by atoms with E-state index < -0.39 is 11.3 Å². The number of rotatable bonds is 9. The second kappa shape index (κ2) is 9.12. The van der Waals surface area contributed by atoms with Gasteiger partial charge in [0.2, 0.25) is 11.8 Å². The maximum Gasteiger partial charge on any atom is 0.239 e. The summed E-state index contributed by atoms with van der Waals surface area (Å²) in [6.07, 6.45) is 0.690. The Balaban J connectivity index is 2.72. The highest BCUT2D eigenvalue weighted by Gasteiger charge is 2.35. The Kier molecular flexibility index (Phi) is 7.51. The minimum Gasteiger partial charge on any atom is -0.493 e. The molecule has 0 saturated heterocycles. The Hall–Kier alpha value is -2.28. The molecule has 7 heteroatoms. The van der Waals surface area contributed by atoms with Crippen molar-refractivity contribution in [3.8, 4) is 11.5 Å². The van der Waals surface area contributed by atoms with Crippen LogP contribution >= 0.6 is 0 Å². The smallest absolute Gasteiger partial charge is 0.239 e. The highest BCUT2D eigenvalue weighted by Crippen LogP contribution is 2.30. The number of hydrogen-bond donors (Lipinski definition) is 2. The summed E-state index contributed by atoms with van der Waals surface area (Å²) in [5.41, 5.74) is -0.682. The standard InChI is InChI=1S/C17H26N2O5/c1-17(2,15(20)18-9-6-10-22-3)16(21)19-12-7-8-13(23-4)14(11-12)24-5/h7-8,11H,6,9-10H2,1-5H3,(H,18,20)(H,19,21). The lowest BCUT2D eigenvalue weighted by Crippen LogP contribution is -2.45. The molecular formula is C17H26N2O5. The molecule has 1 aromatic rings. The predicted octanol–water partition coefficient (Wildman–Crippen LogP) is 1.82. The van der Waals surface area contributed by atoms with Gasteiger partial charge in [-0.3, -0.25) is 9.59 Å². The van der Waals surface area contributed by atoms with Crippen LogP contribution in [0.25, 0.3) is 0 Å². The number of ether oxygens (including phenoxy) is 3. The summed E-state index contributed by atoms with van der Waals surface area (Å²) in [5, 5.41) is 5.47. The molecule has 0 fully saturated rings. The van der Waals surface area contributed by atoms with Crippen LogP contribution in [-0.2, 0) is 14.3 Å². The summed E-state index contributed by atoms with van der Waals surface area (Å²) in [5.74, 6) is 0.318. The van der Waals surface area contributed by atoms with Crippen molar-refractivity contribution in [3.63, 3.8) is 0 Å². The van der Waals surface area contributed by atoms with E-state index in [1.807, 2.05) is 0 Å². The van der Waals surface area contributed by atoms with Crippen molar-refractivity contribution in [3.05, 3.63) is 18.2 Å². The average Bonchev–Trinajstić information content (AvgIpc) is 2.58. The first-order chi connectivity index (χ1) is 11.4. The van der Waals surface area contributed by atoms with Gasteiger partial charge in [-0.05, 0) is 32.4 Å². The third-order valence-electron chi connectivity index (χ3n) is 3.59. The highest BCUT2D eigenvalue weighted by atomic mass is 16.5. The zero-order valence-electron chi connectivity index (χ0n) is 14.9. The van der Waals surface area contributed by atoms with E-state index in [9.17, 15) is 9.59 Å². The summed E-state index contributed by atoms with van der Waals surface area (Å²) in [6, 6.07) is 5.02. The molecular weight excluding hydrogens is 312 g/mol. The lowest BCUT2D eigenvalue weighted by atomic mass is 9.91. The summed E-state index contributed by atoms with van der Waals surface area (Å²) in [7, 11) is 4.65. The van der Waals surface area contributed by atoms with Crippen LogP contribution in [0.15, 0.2) is 18.2 Å². The molecule has 24 heavy (non-hydrogen) atoms. The second-order valence-electron chi connectivity index (χ2n) is 5.75. The molecule has 0 saturated carbocycles. The Morgan fingerprint density at radius 1 is 1.04 bits per heavy atom. The van der Waals surface area contributed by atoms with Crippen molar-refractivity contribution < 1.29 is 23.8 Å². The number of nitrogens with one attached hydrogen (secondary N) is 2. The molecule has 7 nitrogen and oxygen atoms in total. The first kappa shape index (κ1) is 19.8. The van der Waals surface area contributed by atoms with Crippen molar-refractivity contribution in [2.45, 2.75) is 20.3 Å². The molecule has 0 unspecified atom stereocenters. The Morgan fingerprint density at radius 2 is 1.71 bits per heavy atom. The van der Waals surface area contributed by atoms with Gasteiger partial charge in [0.25, 0.3) is 0 Å². The van der Waals surface area contributed by atoms with E-state index in [0.29, 0.717) is 36.8 Å². The first-order valence-electron chi connectivity index (χ1n) is 7.67. The second-order valence-corrected chi connectivity index (χ2v) is 5.75. The number of carbonyl (C=O) groups is 2. The van der Waals surface area contributed by atoms with Gasteiger partial charge in [0.1, 0.15) is 5.41 Å². The third kappa shape index (κ3) is 5.13. The van der Waals surface area contributed by atoms with Crippen LogP contribution in [-0.4, -0.2) is 46.3 Å². The number of anilines is 1. The van der Waals surface area contributed by atoms with E-state index in [1.165, 1.54) is 14.2 Å². The predicted molar refractivity (Wildman–Crippen MR) is 91.5 cm³/mol. The topological polar surface area (TPSA) is 85.9 Å². The van der Waals surface area contributed by atoms with Crippen LogP contribution < -0.4 is 20.1 Å². The maximum atomic E-state index is 12.4. The van der Waals surface area contributed by atoms with Gasteiger partial charge in [-0.2, -0.15) is 0 Å². The van der Waals surface area contributed by atoms with Crippen LogP contribution in [0, 0.1) is 5.41 Å². The van der Waals surface area contributed by atoms with Crippen molar-refractivity contribution in [1.29, 1.82) is 0 Å². The van der Waals surface area contributed by atoms with Crippen LogP contribution in [0.3, 0.4) is 0 Å². The van der Waals surface area contributed by atoms with Gasteiger partial charge < -0.3 is 24.8 Å². The zero-order chi connectivity index (χ0) is 18.2. The highest BCUT2D eigenvalue weighted by molar-refractivity contribution is 6.09. The van der Waals surface area contributed by atoms with Gasteiger partial charge in [-0.25, -0.2) is 0 Å². The molecule has 2 amide bonds. The Morgan fingerprint density at radius 3 is 2.29 bits per heavy atom. The fourth-order valence-electron chi connectivity index (χ4n) is 1.94. The molecule has 1 rings (SSSR count). The van der Waals surface area contributed by atoms with E-state index in [0.717, 1.165) is 0 Å². The summed E-state index contributed by atoms with van der Waals surface area (Å²) in [6.45, 7) is 4.17. The van der Waals surface area contributed by atoms with Crippen LogP contribution in [0.4, 0.5) is 5.69 Å². The number of amides is 2. The van der Waals surface area contributed by atoms with E-state index in [4.69, 9.17) is 14.2 Å². The molecule has 0 atom stereocenters. The number of carbonyl (C=O) groups excluding carboxylic acids is 2. The lowest BCUT2D eigenvalue weighted by Gasteiger charge is -2.23. The molecule has 0 aromatic heterocycles. The molecule has 1 aromatic carbocycles. The monoisotopic (exact) mass is 338 g/mol. The van der Waals surface area contributed by atoms with Crippen LogP contribution in [0.1, 0.15) is 20.3 Å². The van der Waals surface area contributed by atoms with Gasteiger partial charge >= 0.3 is 0 Å². The van der Waals surface area contributed by atoms with Gasteiger partial charge in [-0.1, -0.05) is 0 Å². The number of hydrogen-bond acceptors (Lipinski definition) is 5. The largest absolute Gasteiger partial charge is 0.493 e. The van der Waals surface area contributed by atoms with Gasteiger partial charge in [-0.15, -0.1) is 0 Å². The SMILES string of the molecule is COCCCNC(=O)C(C)(C)C(=O)Nc1ccc(OC)c(OC)c1. The van der Waals surface area contributed by atoms with Gasteiger partial charge in [0.05, 0.1) is 14.2 Å². The van der Waals surface area contributed by atoms with E-state index in [1.54, 1.807) is 39.2 Å². The quantitative estimate of drug-likeness (QED) is 0.530. The average molecular weight is 338 g/mol. The molecule has 0 aliphatic heterocycles. The van der Waals surface area contributed by atoms with Gasteiger partial charge in [0, 0.05) is 32.0 Å². The van der Waals surface area contributed by atoms with Gasteiger partial charge in [0.15, 0.2) is 11.5 Å². The Bertz CT molecular complexity index is 572. The fourth-order valence-corrected chi connectivity index (χ4v) is 1.94. The summed E-state index contributed by atoms with van der Waals surface area (Å²) in [4.78, 5) is 24.7. The van der Waals surface area contributed by atoms with Crippen molar-refractivity contribution in [1.82, 2.24) is 5.32 Å². The van der Waals surface area contributed by atoms with Crippen LogP contribution in [0.5, 0.6) is 11.5 Å². The zero-order valence-corrected chi connectivity index (χ0v) is 14.9. The molecule has 0 spiro atoms. The number of methoxy groups -OCH3 is 3. The summed E-state index contributed by atoms with van der Waals surface area (Å²) < 4.78 is 15.3. The van der Waals surface area contributed by atoms with Crippen molar-refractivity contribution in [2.24, 2.45) is 5.41 Å². The molecule has 2 N–H and O–H groups in total. The van der Waals surface area contributed by atoms with Crippen molar-refractivity contribution in [2.75, 3.05) is 39.8 Å². The maximum absolute atomic E-state index is 12.4. The number of benzene rings is 1. The molecule has 0 heterocycles. The minimum atomic E-state index is -1.21. The summed E-state index contributed by atoms with van der Waals surface area (Å²) >= 11 is 0. The van der Waals surface area contributed by atoms with Crippen LogP contribution in [0.2, 0.25) is 0 Å². The Labute approximate surface area is 142 Å². The minimum absolute atomic E-state index is 0.337. The van der Waals surface area contributed by atoms with Crippen molar-refractivity contribution >= 4 is 17.5 Å². The molecule has 0 aliphatic carbocycles. The van der Waals surface area contributed by atoms with E-state index in [-0.39, 0.29) is 5.91 Å². The van der Waals surface area contributed by atoms with E-state index in [2.05, 4.69) is 10.6 Å². The first-order valence-corrected chi connectivity index (χ1v) is 7.67. The normalized spacial score (nSPS) is 10.9. The fraction of sp³-hybridized carbons (Fsp3) is 0.529. The van der Waals surface area contributed by atoms with E-state index >= 15 is 0 Å².